The molecule has 0 saturated heterocycles. The fraction of sp³-hybridized carbons (Fsp3) is 0. The first kappa shape index (κ1) is 12.8. The third-order valence-electron chi connectivity index (χ3n) is 2.08. The number of carbonyl (C=O) groups excluding carboxylic acids is 1. The van der Waals surface area contributed by atoms with E-state index in [-0.39, 0.29) is 11.3 Å². The van der Waals surface area contributed by atoms with Gasteiger partial charge in [-0.2, -0.15) is 0 Å². The molecule has 1 amide bonds. The predicted octanol–water partition coefficient (Wildman–Crippen LogP) is 2.44. The second-order valence-corrected chi connectivity index (χ2v) is 4.70. The molecule has 18 heavy (non-hydrogen) atoms. The summed E-state index contributed by atoms with van der Waals surface area (Å²) >= 11 is 9.22. The number of nitrogens with zero attached hydrogens (tertiary/aromatic N) is 1. The summed E-state index contributed by atoms with van der Waals surface area (Å²) in [6.07, 6.45) is 2.28. The van der Waals surface area contributed by atoms with Gasteiger partial charge < -0.3 is 10.3 Å². The van der Waals surface area contributed by atoms with E-state index in [4.69, 9.17) is 11.6 Å². The molecule has 0 unspecified atom stereocenters. The van der Waals surface area contributed by atoms with Crippen molar-refractivity contribution in [1.82, 2.24) is 9.97 Å². The van der Waals surface area contributed by atoms with Gasteiger partial charge in [-0.1, -0.05) is 27.5 Å². The van der Waals surface area contributed by atoms with Crippen LogP contribution in [-0.2, 0) is 0 Å². The molecule has 0 aliphatic carbocycles. The summed E-state index contributed by atoms with van der Waals surface area (Å²) in [6.45, 7) is 0. The van der Waals surface area contributed by atoms with E-state index < -0.39 is 5.91 Å². The van der Waals surface area contributed by atoms with E-state index in [2.05, 4.69) is 31.2 Å². The lowest BCUT2D eigenvalue weighted by atomic mass is 10.3. The lowest BCUT2D eigenvalue weighted by Gasteiger charge is -2.06. The highest BCUT2D eigenvalue weighted by Gasteiger charge is 2.10. The van der Waals surface area contributed by atoms with Gasteiger partial charge in [0.2, 0.25) is 0 Å². The first-order valence-electron chi connectivity index (χ1n) is 4.87. The molecule has 2 N–H and O–H groups in total. The van der Waals surface area contributed by atoms with Crippen LogP contribution in [0.3, 0.4) is 0 Å². The Hall–Kier alpha value is -1.66. The molecule has 0 atom stereocenters. The lowest BCUT2D eigenvalue weighted by Crippen LogP contribution is -2.17. The molecule has 0 aliphatic heterocycles. The zero-order valence-electron chi connectivity index (χ0n) is 8.91. The monoisotopic (exact) mass is 327 g/mol. The number of hydrogen-bond donors (Lipinski definition) is 2. The number of benzene rings is 1. The summed E-state index contributed by atoms with van der Waals surface area (Å²) in [4.78, 5) is 28.7. The molecule has 5 nitrogen and oxygen atoms in total. The molecule has 7 heteroatoms. The number of hydrogen-bond acceptors (Lipinski definition) is 3. The zero-order valence-corrected chi connectivity index (χ0v) is 11.2. The van der Waals surface area contributed by atoms with Crippen LogP contribution in [0.15, 0.2) is 39.9 Å². The van der Waals surface area contributed by atoms with Crippen molar-refractivity contribution in [3.63, 3.8) is 0 Å². The van der Waals surface area contributed by atoms with Gasteiger partial charge in [-0.15, -0.1) is 0 Å². The zero-order chi connectivity index (χ0) is 13.1. The van der Waals surface area contributed by atoms with Gasteiger partial charge >= 0.3 is 0 Å². The fourth-order valence-corrected chi connectivity index (χ4v) is 1.77. The van der Waals surface area contributed by atoms with E-state index in [1.807, 2.05) is 0 Å². The maximum absolute atomic E-state index is 11.8. The molecule has 0 radical (unpaired) electrons. The molecule has 0 bridgehead atoms. The van der Waals surface area contributed by atoms with Gasteiger partial charge in [0.25, 0.3) is 11.5 Å². The highest BCUT2D eigenvalue weighted by atomic mass is 79.9. The summed E-state index contributed by atoms with van der Waals surface area (Å²) in [6, 6.07) is 5.09. The van der Waals surface area contributed by atoms with Crippen molar-refractivity contribution in [2.45, 2.75) is 0 Å². The number of aromatic amines is 1. The second-order valence-electron chi connectivity index (χ2n) is 3.37. The summed E-state index contributed by atoms with van der Waals surface area (Å²) < 4.78 is 0.789. The van der Waals surface area contributed by atoms with Crippen LogP contribution in [0.4, 0.5) is 5.69 Å². The molecule has 2 aromatic rings. The van der Waals surface area contributed by atoms with Gasteiger partial charge in [0.05, 0.1) is 16.9 Å². The standard InChI is InChI=1S/C11H7BrClN3O2/c12-6-1-2-7(13)8(3-6)16-11(18)9-4-15-10(17)5-14-9/h1-5H,(H,15,17)(H,16,18). The van der Waals surface area contributed by atoms with Crippen LogP contribution < -0.4 is 10.9 Å². The first-order chi connectivity index (χ1) is 8.56. The van der Waals surface area contributed by atoms with E-state index >= 15 is 0 Å². The largest absolute Gasteiger partial charge is 0.325 e. The number of nitrogens with one attached hydrogen (secondary N) is 2. The molecule has 0 spiro atoms. The molecule has 1 aromatic carbocycles. The Morgan fingerprint density at radius 1 is 1.44 bits per heavy atom. The predicted molar refractivity (Wildman–Crippen MR) is 72.0 cm³/mol. The average Bonchev–Trinajstić information content (AvgIpc) is 2.34. The van der Waals surface area contributed by atoms with Crippen LogP contribution in [0.5, 0.6) is 0 Å². The number of carbonyl (C=O) groups is 1. The number of aromatic nitrogens is 2. The Balaban J connectivity index is 2.23. The summed E-state index contributed by atoms with van der Waals surface area (Å²) in [5, 5.41) is 3.01. The minimum atomic E-state index is -0.453. The Bertz CT molecular complexity index is 636. The van der Waals surface area contributed by atoms with Crippen LogP contribution in [0.2, 0.25) is 5.02 Å². The van der Waals surface area contributed by atoms with E-state index in [9.17, 15) is 9.59 Å². The highest BCUT2D eigenvalue weighted by Crippen LogP contribution is 2.25. The quantitative estimate of drug-likeness (QED) is 0.889. The fourth-order valence-electron chi connectivity index (χ4n) is 1.25. The van der Waals surface area contributed by atoms with E-state index in [0.717, 1.165) is 10.7 Å². The number of anilines is 1. The minimum absolute atomic E-state index is 0.102. The molecule has 1 heterocycles. The topological polar surface area (TPSA) is 74.8 Å². The third kappa shape index (κ3) is 2.96. The van der Waals surface area contributed by atoms with Crippen molar-refractivity contribution in [2.75, 3.05) is 5.32 Å². The van der Waals surface area contributed by atoms with Gasteiger partial charge in [0.15, 0.2) is 0 Å². The number of amides is 1. The average molecular weight is 329 g/mol. The molecular weight excluding hydrogens is 321 g/mol. The molecule has 1 aromatic heterocycles. The molecule has 92 valence electrons. The van der Waals surface area contributed by atoms with Crippen LogP contribution in [-0.4, -0.2) is 15.9 Å². The summed E-state index contributed by atoms with van der Waals surface area (Å²) in [5.41, 5.74) is 0.196. The second kappa shape index (κ2) is 5.32. The van der Waals surface area contributed by atoms with Crippen molar-refractivity contribution in [3.8, 4) is 0 Å². The van der Waals surface area contributed by atoms with Crippen molar-refractivity contribution in [2.24, 2.45) is 0 Å². The van der Waals surface area contributed by atoms with Crippen molar-refractivity contribution in [1.29, 1.82) is 0 Å². The maximum atomic E-state index is 11.8. The van der Waals surface area contributed by atoms with Gasteiger partial charge in [-0.05, 0) is 18.2 Å². The summed E-state index contributed by atoms with van der Waals surface area (Å²) in [5.74, 6) is -0.453. The van der Waals surface area contributed by atoms with Gasteiger partial charge in [-0.3, -0.25) is 9.59 Å². The normalized spacial score (nSPS) is 10.1. The van der Waals surface area contributed by atoms with Gasteiger partial charge in [0.1, 0.15) is 5.69 Å². The number of H-pyrrole nitrogens is 1. The maximum Gasteiger partial charge on any atom is 0.275 e. The van der Waals surface area contributed by atoms with Crippen molar-refractivity contribution in [3.05, 3.63) is 56.1 Å². The van der Waals surface area contributed by atoms with E-state index in [1.165, 1.54) is 6.20 Å². The summed E-state index contributed by atoms with van der Waals surface area (Å²) in [7, 11) is 0. The van der Waals surface area contributed by atoms with Crippen molar-refractivity contribution >= 4 is 39.1 Å². The molecule has 0 aliphatic rings. The first-order valence-corrected chi connectivity index (χ1v) is 6.04. The minimum Gasteiger partial charge on any atom is -0.325 e. The van der Waals surface area contributed by atoms with E-state index in [0.29, 0.717) is 10.7 Å². The van der Waals surface area contributed by atoms with Crippen LogP contribution in [0.25, 0.3) is 0 Å². The molecular formula is C11H7BrClN3O2. The smallest absolute Gasteiger partial charge is 0.275 e. The Labute approximate surface area is 115 Å². The molecule has 0 saturated carbocycles. The van der Waals surface area contributed by atoms with Crippen LogP contribution in [0, 0.1) is 0 Å². The molecule has 0 fully saturated rings. The Kier molecular flexibility index (Phi) is 3.78. The van der Waals surface area contributed by atoms with E-state index in [1.54, 1.807) is 18.2 Å². The SMILES string of the molecule is O=C(Nc1cc(Br)ccc1Cl)c1c[nH]c(=O)cn1. The number of halogens is 2. The third-order valence-corrected chi connectivity index (χ3v) is 2.90. The van der Waals surface area contributed by atoms with Gasteiger partial charge in [-0.25, -0.2) is 4.98 Å². The van der Waals surface area contributed by atoms with Crippen LogP contribution in [0.1, 0.15) is 10.5 Å². The Morgan fingerprint density at radius 2 is 2.22 bits per heavy atom. The Morgan fingerprint density at radius 3 is 2.89 bits per heavy atom. The highest BCUT2D eigenvalue weighted by molar-refractivity contribution is 9.10. The lowest BCUT2D eigenvalue weighted by molar-refractivity contribution is 0.102. The molecule has 2 rings (SSSR count). The van der Waals surface area contributed by atoms with Gasteiger partial charge in [0, 0.05) is 10.7 Å². The van der Waals surface area contributed by atoms with Crippen molar-refractivity contribution < 1.29 is 4.79 Å². The number of rotatable bonds is 2. The van der Waals surface area contributed by atoms with Crippen LogP contribution >= 0.6 is 27.5 Å².